The number of ether oxygens (including phenoxy) is 1. The zero-order valence-corrected chi connectivity index (χ0v) is 8.84. The molecule has 0 saturated heterocycles. The standard InChI is InChI=1S/C6H12N6O2.CH2O/c1-2-13-3-14-12-6-10-4(7)9-5(8)11-6;1-2/h2-3H2,1H3,(H5,7,8,9,10,11,12);1H2. The number of hydrogen-bond donors (Lipinski definition) is 3. The Labute approximate surface area is 92.1 Å². The first-order valence-corrected chi connectivity index (χ1v) is 4.23. The van der Waals surface area contributed by atoms with E-state index in [2.05, 4.69) is 20.4 Å². The molecule has 90 valence electrons. The Morgan fingerprint density at radius 3 is 2.31 bits per heavy atom. The van der Waals surface area contributed by atoms with Crippen LogP contribution in [0.4, 0.5) is 17.8 Å². The average Bonchev–Trinajstić information content (AvgIpc) is 2.26. The molecule has 0 fully saturated rings. The Bertz CT molecular complexity index is 290. The molecular formula is C7H14N6O3. The van der Waals surface area contributed by atoms with E-state index < -0.39 is 0 Å². The van der Waals surface area contributed by atoms with Crippen LogP contribution in [0.2, 0.25) is 0 Å². The van der Waals surface area contributed by atoms with E-state index in [1.54, 1.807) is 0 Å². The molecule has 1 rings (SSSR count). The van der Waals surface area contributed by atoms with Crippen LogP contribution < -0.4 is 16.9 Å². The van der Waals surface area contributed by atoms with Crippen molar-refractivity contribution < 1.29 is 14.4 Å². The molecule has 0 aromatic carbocycles. The summed E-state index contributed by atoms with van der Waals surface area (Å²) in [7, 11) is 0. The second kappa shape index (κ2) is 8.32. The number of carbonyl (C=O) groups is 1. The smallest absolute Gasteiger partial charge is 0.253 e. The van der Waals surface area contributed by atoms with Crippen LogP contribution in [0, 0.1) is 0 Å². The lowest BCUT2D eigenvalue weighted by Gasteiger charge is -2.05. The Balaban J connectivity index is 0.00000106. The van der Waals surface area contributed by atoms with Crippen molar-refractivity contribution in [3.8, 4) is 0 Å². The lowest BCUT2D eigenvalue weighted by atomic mass is 10.8. The third-order valence-corrected chi connectivity index (χ3v) is 1.18. The van der Waals surface area contributed by atoms with Gasteiger partial charge in [-0.3, -0.25) is 0 Å². The van der Waals surface area contributed by atoms with Gasteiger partial charge >= 0.3 is 0 Å². The van der Waals surface area contributed by atoms with E-state index in [-0.39, 0.29) is 24.6 Å². The SMILES string of the molecule is C=O.CCOCONc1nc(N)nc(N)n1. The fourth-order valence-corrected chi connectivity index (χ4v) is 0.674. The summed E-state index contributed by atoms with van der Waals surface area (Å²) in [5.41, 5.74) is 13.1. The van der Waals surface area contributed by atoms with Crippen molar-refractivity contribution in [2.45, 2.75) is 6.92 Å². The predicted molar refractivity (Wildman–Crippen MR) is 57.0 cm³/mol. The number of rotatable bonds is 5. The van der Waals surface area contributed by atoms with E-state index in [4.69, 9.17) is 25.8 Å². The van der Waals surface area contributed by atoms with Crippen molar-refractivity contribution in [3.63, 3.8) is 0 Å². The molecule has 9 nitrogen and oxygen atoms in total. The van der Waals surface area contributed by atoms with Crippen LogP contribution in [0.15, 0.2) is 0 Å². The van der Waals surface area contributed by atoms with Crippen LogP contribution in [0.3, 0.4) is 0 Å². The number of aromatic nitrogens is 3. The van der Waals surface area contributed by atoms with Crippen molar-refractivity contribution in [1.82, 2.24) is 15.0 Å². The number of hydrogen-bond acceptors (Lipinski definition) is 9. The fourth-order valence-electron chi connectivity index (χ4n) is 0.674. The van der Waals surface area contributed by atoms with Crippen LogP contribution in [0.25, 0.3) is 0 Å². The third kappa shape index (κ3) is 5.67. The largest absolute Gasteiger partial charge is 0.368 e. The van der Waals surface area contributed by atoms with Gasteiger partial charge in [0.2, 0.25) is 11.9 Å². The lowest BCUT2D eigenvalue weighted by molar-refractivity contribution is -0.0979. The maximum absolute atomic E-state index is 8.00. The maximum Gasteiger partial charge on any atom is 0.253 e. The van der Waals surface area contributed by atoms with Gasteiger partial charge in [0.05, 0.1) is 0 Å². The quantitative estimate of drug-likeness (QED) is 0.336. The summed E-state index contributed by atoms with van der Waals surface area (Å²) in [4.78, 5) is 23.9. The van der Waals surface area contributed by atoms with Gasteiger partial charge in [-0.25, -0.2) is 10.3 Å². The molecule has 0 unspecified atom stereocenters. The third-order valence-electron chi connectivity index (χ3n) is 1.18. The monoisotopic (exact) mass is 230 g/mol. The van der Waals surface area contributed by atoms with Gasteiger partial charge in [-0.1, -0.05) is 0 Å². The van der Waals surface area contributed by atoms with E-state index in [0.29, 0.717) is 6.61 Å². The summed E-state index contributed by atoms with van der Waals surface area (Å²) in [5, 5.41) is 0. The Hall–Kier alpha value is -2.00. The van der Waals surface area contributed by atoms with Gasteiger partial charge < -0.3 is 21.0 Å². The first kappa shape index (κ1) is 14.0. The summed E-state index contributed by atoms with van der Waals surface area (Å²) < 4.78 is 4.90. The van der Waals surface area contributed by atoms with Gasteiger partial charge in [-0.2, -0.15) is 15.0 Å². The van der Waals surface area contributed by atoms with Gasteiger partial charge in [0, 0.05) is 6.61 Å². The second-order valence-corrected chi connectivity index (χ2v) is 2.23. The molecule has 1 aromatic rings. The maximum atomic E-state index is 8.00. The van der Waals surface area contributed by atoms with E-state index in [1.807, 2.05) is 13.7 Å². The van der Waals surface area contributed by atoms with E-state index in [0.717, 1.165) is 0 Å². The summed E-state index contributed by atoms with van der Waals surface area (Å²) in [6.07, 6.45) is 0. The molecule has 0 amide bonds. The minimum absolute atomic E-state index is 0.0278. The van der Waals surface area contributed by atoms with Crippen molar-refractivity contribution in [3.05, 3.63) is 0 Å². The molecule has 5 N–H and O–H groups in total. The zero-order valence-electron chi connectivity index (χ0n) is 8.84. The van der Waals surface area contributed by atoms with Gasteiger partial charge in [0.1, 0.15) is 6.79 Å². The summed E-state index contributed by atoms with van der Waals surface area (Å²) in [6, 6.07) is 0. The van der Waals surface area contributed by atoms with Gasteiger partial charge in [0.25, 0.3) is 5.95 Å². The molecule has 9 heteroatoms. The van der Waals surface area contributed by atoms with Crippen molar-refractivity contribution in [2.75, 3.05) is 30.3 Å². The molecule has 16 heavy (non-hydrogen) atoms. The Morgan fingerprint density at radius 2 is 1.81 bits per heavy atom. The van der Waals surface area contributed by atoms with Crippen molar-refractivity contribution in [2.24, 2.45) is 0 Å². The predicted octanol–water partition coefficient (Wildman–Crippen LogP) is -0.811. The summed E-state index contributed by atoms with van der Waals surface area (Å²) in [5.74, 6) is 0.203. The van der Waals surface area contributed by atoms with Gasteiger partial charge in [-0.15, -0.1) is 0 Å². The van der Waals surface area contributed by atoms with Crippen LogP contribution in [0.1, 0.15) is 6.92 Å². The molecule has 0 aliphatic heterocycles. The minimum atomic E-state index is 0.0278. The highest BCUT2D eigenvalue weighted by Gasteiger charge is 2.00. The highest BCUT2D eigenvalue weighted by molar-refractivity contribution is 5.35. The fraction of sp³-hybridized carbons (Fsp3) is 0.429. The number of nitrogens with zero attached hydrogens (tertiary/aromatic N) is 3. The van der Waals surface area contributed by atoms with Crippen LogP contribution in [-0.4, -0.2) is 35.1 Å². The highest BCUT2D eigenvalue weighted by atomic mass is 16.8. The molecule has 0 saturated carbocycles. The first-order chi connectivity index (χ1) is 7.72. The molecule has 0 atom stereocenters. The lowest BCUT2D eigenvalue weighted by Crippen LogP contribution is -2.11. The zero-order chi connectivity index (χ0) is 12.4. The number of nitrogens with two attached hydrogens (primary N) is 2. The van der Waals surface area contributed by atoms with E-state index in [1.165, 1.54) is 0 Å². The molecule has 0 aliphatic rings. The number of carbonyl (C=O) groups excluding carboxylic acids is 1. The van der Waals surface area contributed by atoms with Crippen LogP contribution >= 0.6 is 0 Å². The van der Waals surface area contributed by atoms with Crippen molar-refractivity contribution in [1.29, 1.82) is 0 Å². The number of nitrogens with one attached hydrogen (secondary N) is 1. The van der Waals surface area contributed by atoms with Crippen LogP contribution in [0.5, 0.6) is 0 Å². The second-order valence-electron chi connectivity index (χ2n) is 2.23. The first-order valence-electron chi connectivity index (χ1n) is 4.23. The molecule has 0 aliphatic carbocycles. The molecule has 0 spiro atoms. The van der Waals surface area contributed by atoms with Crippen LogP contribution in [-0.2, 0) is 14.4 Å². The van der Waals surface area contributed by atoms with E-state index in [9.17, 15) is 0 Å². The van der Waals surface area contributed by atoms with E-state index >= 15 is 0 Å². The van der Waals surface area contributed by atoms with Crippen molar-refractivity contribution >= 4 is 24.6 Å². The Kier molecular flexibility index (Phi) is 7.28. The molecule has 0 bridgehead atoms. The average molecular weight is 230 g/mol. The number of nitrogen functional groups attached to an aromatic ring is 2. The Morgan fingerprint density at radius 1 is 1.25 bits per heavy atom. The van der Waals surface area contributed by atoms with Gasteiger partial charge in [0.15, 0.2) is 6.79 Å². The molecule has 1 heterocycles. The molecule has 1 aromatic heterocycles. The molecular weight excluding hydrogens is 216 g/mol. The minimum Gasteiger partial charge on any atom is -0.368 e. The number of anilines is 3. The highest BCUT2D eigenvalue weighted by Crippen LogP contribution is 2.02. The summed E-state index contributed by atoms with van der Waals surface area (Å²) >= 11 is 0. The normalized spacial score (nSPS) is 9.06. The molecule has 0 radical (unpaired) electrons. The summed E-state index contributed by atoms with van der Waals surface area (Å²) in [6.45, 7) is 4.49. The topological polar surface area (TPSA) is 138 Å². The van der Waals surface area contributed by atoms with Gasteiger partial charge in [-0.05, 0) is 6.92 Å².